The highest BCUT2D eigenvalue weighted by atomic mass is 16.1. The van der Waals surface area contributed by atoms with Gasteiger partial charge in [-0.15, -0.1) is 6.58 Å². The normalized spacial score (nSPS) is 20.1. The zero-order chi connectivity index (χ0) is 7.56. The Morgan fingerprint density at radius 2 is 2.40 bits per heavy atom. The van der Waals surface area contributed by atoms with Gasteiger partial charge in [-0.1, -0.05) is 6.08 Å². The van der Waals surface area contributed by atoms with Gasteiger partial charge in [0.1, 0.15) is 0 Å². The van der Waals surface area contributed by atoms with E-state index in [9.17, 15) is 4.79 Å². The average Bonchev–Trinajstić information content (AvgIpc) is 2.68. The van der Waals surface area contributed by atoms with Crippen LogP contribution in [0.3, 0.4) is 0 Å². The van der Waals surface area contributed by atoms with E-state index in [2.05, 4.69) is 6.58 Å². The fraction of sp³-hybridized carbons (Fsp3) is 0.625. The maximum Gasteiger partial charge on any atom is 0.152 e. The summed E-state index contributed by atoms with van der Waals surface area (Å²) in [7, 11) is 0. The molecule has 0 aromatic heterocycles. The summed E-state index contributed by atoms with van der Waals surface area (Å²) in [5.41, 5.74) is 5.55. The standard InChI is InChI=1S/C8H13NO/c1-2-3-7(9)8(10)6-4-5-6/h2,6-7H,1,3-5,9H2/t7-/m1/s1. The number of ketones is 1. The summed E-state index contributed by atoms with van der Waals surface area (Å²) in [5.74, 6) is 0.509. The zero-order valence-electron chi connectivity index (χ0n) is 6.05. The topological polar surface area (TPSA) is 43.1 Å². The van der Waals surface area contributed by atoms with Gasteiger partial charge in [0, 0.05) is 5.92 Å². The minimum absolute atomic E-state index is 0.222. The molecule has 1 fully saturated rings. The predicted molar refractivity (Wildman–Crippen MR) is 40.5 cm³/mol. The lowest BCUT2D eigenvalue weighted by molar-refractivity contribution is -0.121. The van der Waals surface area contributed by atoms with Crippen molar-refractivity contribution < 1.29 is 4.79 Å². The number of carbonyl (C=O) groups is 1. The second kappa shape index (κ2) is 2.97. The lowest BCUT2D eigenvalue weighted by atomic mass is 10.1. The molecule has 0 amide bonds. The Morgan fingerprint density at radius 1 is 1.80 bits per heavy atom. The van der Waals surface area contributed by atoms with Crippen molar-refractivity contribution in [2.24, 2.45) is 11.7 Å². The van der Waals surface area contributed by atoms with E-state index >= 15 is 0 Å². The Hall–Kier alpha value is -0.630. The Balaban J connectivity index is 2.30. The molecule has 0 aliphatic heterocycles. The monoisotopic (exact) mass is 139 g/mol. The number of nitrogens with two attached hydrogens (primary N) is 1. The Kier molecular flexibility index (Phi) is 2.22. The summed E-state index contributed by atoms with van der Waals surface area (Å²) in [6.07, 6.45) is 4.41. The number of Topliss-reactive ketones (excluding diaryl/α,β-unsaturated/α-hetero) is 1. The molecule has 0 aromatic rings. The molecule has 0 unspecified atom stereocenters. The molecule has 2 nitrogen and oxygen atoms in total. The molecule has 1 rings (SSSR count). The van der Waals surface area contributed by atoms with Crippen molar-refractivity contribution in [1.82, 2.24) is 0 Å². The Morgan fingerprint density at radius 3 is 2.80 bits per heavy atom. The van der Waals surface area contributed by atoms with E-state index < -0.39 is 0 Å². The van der Waals surface area contributed by atoms with Gasteiger partial charge < -0.3 is 5.73 Å². The summed E-state index contributed by atoms with van der Waals surface area (Å²) in [6.45, 7) is 3.53. The summed E-state index contributed by atoms with van der Waals surface area (Å²) in [5, 5.41) is 0. The van der Waals surface area contributed by atoms with Crippen LogP contribution in [0.1, 0.15) is 19.3 Å². The van der Waals surface area contributed by atoms with Crippen LogP contribution in [0.5, 0.6) is 0 Å². The summed E-state index contributed by atoms with van der Waals surface area (Å²) < 4.78 is 0. The van der Waals surface area contributed by atoms with Gasteiger partial charge in [-0.3, -0.25) is 4.79 Å². The van der Waals surface area contributed by atoms with Crippen molar-refractivity contribution in [1.29, 1.82) is 0 Å². The van der Waals surface area contributed by atoms with Gasteiger partial charge in [-0.05, 0) is 19.3 Å². The van der Waals surface area contributed by atoms with Crippen LogP contribution in [0.4, 0.5) is 0 Å². The van der Waals surface area contributed by atoms with Gasteiger partial charge in [0.15, 0.2) is 5.78 Å². The number of hydrogen-bond donors (Lipinski definition) is 1. The molecule has 2 N–H and O–H groups in total. The molecule has 2 heteroatoms. The molecule has 56 valence electrons. The first-order valence-corrected chi connectivity index (χ1v) is 3.66. The van der Waals surface area contributed by atoms with E-state index in [-0.39, 0.29) is 17.7 Å². The van der Waals surface area contributed by atoms with Gasteiger partial charge in [0.05, 0.1) is 6.04 Å². The Bertz CT molecular complexity index is 149. The van der Waals surface area contributed by atoms with Crippen molar-refractivity contribution in [3.05, 3.63) is 12.7 Å². The molecule has 0 radical (unpaired) electrons. The second-order valence-electron chi connectivity index (χ2n) is 2.81. The van der Waals surface area contributed by atoms with E-state index in [4.69, 9.17) is 5.73 Å². The number of carbonyl (C=O) groups excluding carboxylic acids is 1. The Labute approximate surface area is 61.1 Å². The molecule has 0 saturated heterocycles. The lowest BCUT2D eigenvalue weighted by Gasteiger charge is -2.04. The largest absolute Gasteiger partial charge is 0.321 e. The van der Waals surface area contributed by atoms with Crippen LogP contribution in [0.25, 0.3) is 0 Å². The number of hydrogen-bond acceptors (Lipinski definition) is 2. The van der Waals surface area contributed by atoms with Crippen LogP contribution < -0.4 is 5.73 Å². The zero-order valence-corrected chi connectivity index (χ0v) is 6.05. The molecule has 0 aromatic carbocycles. The van der Waals surface area contributed by atoms with Crippen molar-refractivity contribution in [3.63, 3.8) is 0 Å². The highest BCUT2D eigenvalue weighted by Gasteiger charge is 2.32. The van der Waals surface area contributed by atoms with E-state index in [0.717, 1.165) is 12.8 Å². The van der Waals surface area contributed by atoms with E-state index in [1.54, 1.807) is 6.08 Å². The molecular formula is C8H13NO. The van der Waals surface area contributed by atoms with Gasteiger partial charge >= 0.3 is 0 Å². The molecule has 1 atom stereocenters. The average molecular weight is 139 g/mol. The molecule has 0 bridgehead atoms. The van der Waals surface area contributed by atoms with E-state index in [0.29, 0.717) is 6.42 Å². The second-order valence-corrected chi connectivity index (χ2v) is 2.81. The van der Waals surface area contributed by atoms with Crippen molar-refractivity contribution in [2.45, 2.75) is 25.3 Å². The van der Waals surface area contributed by atoms with Crippen LogP contribution in [-0.4, -0.2) is 11.8 Å². The molecular weight excluding hydrogens is 126 g/mol. The van der Waals surface area contributed by atoms with Crippen LogP contribution in [0.2, 0.25) is 0 Å². The summed E-state index contributed by atoms with van der Waals surface area (Å²) >= 11 is 0. The quantitative estimate of drug-likeness (QED) is 0.587. The van der Waals surface area contributed by atoms with Crippen molar-refractivity contribution in [2.75, 3.05) is 0 Å². The van der Waals surface area contributed by atoms with E-state index in [1.807, 2.05) is 0 Å². The SMILES string of the molecule is C=CC[C@@H](N)C(=O)C1CC1. The fourth-order valence-electron chi connectivity index (χ4n) is 0.966. The molecule has 1 saturated carbocycles. The molecule has 10 heavy (non-hydrogen) atoms. The van der Waals surface area contributed by atoms with Crippen LogP contribution >= 0.6 is 0 Å². The molecule has 1 aliphatic carbocycles. The molecule has 0 spiro atoms. The van der Waals surface area contributed by atoms with Gasteiger partial charge in [0.25, 0.3) is 0 Å². The summed E-state index contributed by atoms with van der Waals surface area (Å²) in [6, 6.07) is -0.287. The molecule has 0 heterocycles. The first kappa shape index (κ1) is 7.48. The molecule has 1 aliphatic rings. The predicted octanol–water partition coefficient (Wildman–Crippen LogP) is 0.869. The third-order valence-corrected chi connectivity index (χ3v) is 1.77. The van der Waals surface area contributed by atoms with Crippen LogP contribution in [0, 0.1) is 5.92 Å². The third-order valence-electron chi connectivity index (χ3n) is 1.77. The van der Waals surface area contributed by atoms with Gasteiger partial charge in [-0.2, -0.15) is 0 Å². The highest BCUT2D eigenvalue weighted by molar-refractivity contribution is 5.88. The van der Waals surface area contributed by atoms with Crippen molar-refractivity contribution >= 4 is 5.78 Å². The van der Waals surface area contributed by atoms with E-state index in [1.165, 1.54) is 0 Å². The first-order valence-electron chi connectivity index (χ1n) is 3.66. The van der Waals surface area contributed by atoms with Crippen LogP contribution in [0.15, 0.2) is 12.7 Å². The fourth-order valence-corrected chi connectivity index (χ4v) is 0.966. The number of rotatable bonds is 4. The maximum absolute atomic E-state index is 11.1. The first-order chi connectivity index (χ1) is 4.75. The third kappa shape index (κ3) is 1.67. The lowest BCUT2D eigenvalue weighted by Crippen LogP contribution is -2.30. The van der Waals surface area contributed by atoms with Crippen LogP contribution in [-0.2, 0) is 4.79 Å². The summed E-state index contributed by atoms with van der Waals surface area (Å²) in [4.78, 5) is 11.1. The van der Waals surface area contributed by atoms with Gasteiger partial charge in [0.2, 0.25) is 0 Å². The maximum atomic E-state index is 11.1. The van der Waals surface area contributed by atoms with Crippen molar-refractivity contribution in [3.8, 4) is 0 Å². The minimum atomic E-state index is -0.287. The smallest absolute Gasteiger partial charge is 0.152 e. The minimum Gasteiger partial charge on any atom is -0.321 e. The highest BCUT2D eigenvalue weighted by Crippen LogP contribution is 2.30. The van der Waals surface area contributed by atoms with Gasteiger partial charge in [-0.25, -0.2) is 0 Å².